The summed E-state index contributed by atoms with van der Waals surface area (Å²) in [6.45, 7) is 3.09. The van der Waals surface area contributed by atoms with Crippen LogP contribution in [-0.4, -0.2) is 52.6 Å². The molecule has 3 heterocycles. The van der Waals surface area contributed by atoms with Crippen LogP contribution >= 0.6 is 0 Å². The second-order valence-corrected chi connectivity index (χ2v) is 9.43. The first-order valence-corrected chi connectivity index (χ1v) is 11.8. The minimum atomic E-state index is -0.586. The second-order valence-electron chi connectivity index (χ2n) is 9.43. The van der Waals surface area contributed by atoms with Crippen LogP contribution in [0, 0.1) is 0 Å². The topological polar surface area (TPSA) is 113 Å². The van der Waals surface area contributed by atoms with Crippen molar-refractivity contribution >= 4 is 23.6 Å². The fourth-order valence-electron chi connectivity index (χ4n) is 5.35. The van der Waals surface area contributed by atoms with E-state index in [-0.39, 0.29) is 24.1 Å². The number of fused-ring (bicyclic) bond motifs is 1. The number of primary amides is 1. The van der Waals surface area contributed by atoms with Gasteiger partial charge >= 0.3 is 0 Å². The lowest BCUT2D eigenvalue weighted by Crippen LogP contribution is -2.52. The SMILES string of the molecule is NC(=O)c1cccc(CN2CCC(c3ccc4c(c3)CN(C3CCC(=O)NC3=O)C4=O)CC2)c1. The molecule has 8 nitrogen and oxygen atoms in total. The maximum atomic E-state index is 12.9. The zero-order valence-corrected chi connectivity index (χ0v) is 19.0. The minimum absolute atomic E-state index is 0.135. The zero-order chi connectivity index (χ0) is 23.8. The maximum absolute atomic E-state index is 12.9. The van der Waals surface area contributed by atoms with Gasteiger partial charge in [-0.25, -0.2) is 0 Å². The average Bonchev–Trinajstić information content (AvgIpc) is 3.15. The first-order chi connectivity index (χ1) is 16.4. The van der Waals surface area contributed by atoms with Crippen LogP contribution in [0.2, 0.25) is 0 Å². The molecule has 2 fully saturated rings. The van der Waals surface area contributed by atoms with Crippen LogP contribution in [-0.2, 0) is 22.7 Å². The van der Waals surface area contributed by atoms with Crippen LogP contribution in [0.3, 0.4) is 0 Å². The maximum Gasteiger partial charge on any atom is 0.255 e. The van der Waals surface area contributed by atoms with Gasteiger partial charge in [0.15, 0.2) is 0 Å². The average molecular weight is 461 g/mol. The predicted molar refractivity (Wildman–Crippen MR) is 125 cm³/mol. The number of imide groups is 1. The molecule has 8 heteroatoms. The fraction of sp³-hybridized carbons (Fsp3) is 0.385. The van der Waals surface area contributed by atoms with E-state index in [0.717, 1.165) is 43.6 Å². The van der Waals surface area contributed by atoms with Gasteiger partial charge in [-0.05, 0) is 73.2 Å². The Morgan fingerprint density at radius 2 is 1.82 bits per heavy atom. The van der Waals surface area contributed by atoms with E-state index < -0.39 is 11.9 Å². The lowest BCUT2D eigenvalue weighted by atomic mass is 9.87. The van der Waals surface area contributed by atoms with Gasteiger partial charge in [0, 0.05) is 30.6 Å². The van der Waals surface area contributed by atoms with Gasteiger partial charge in [0.05, 0.1) is 0 Å². The van der Waals surface area contributed by atoms with Crippen LogP contribution in [0.1, 0.15) is 69.0 Å². The van der Waals surface area contributed by atoms with Crippen LogP contribution in [0.5, 0.6) is 0 Å². The summed E-state index contributed by atoms with van der Waals surface area (Å²) in [6, 6.07) is 12.9. The summed E-state index contributed by atoms with van der Waals surface area (Å²) in [5.74, 6) is -0.792. The predicted octanol–water partition coefficient (Wildman–Crippen LogP) is 1.93. The number of nitrogens with one attached hydrogen (secondary N) is 1. The number of benzene rings is 2. The highest BCUT2D eigenvalue weighted by atomic mass is 16.2. The molecule has 4 amide bonds. The molecule has 1 unspecified atom stereocenters. The Morgan fingerprint density at radius 1 is 1.03 bits per heavy atom. The van der Waals surface area contributed by atoms with E-state index in [1.165, 1.54) is 5.56 Å². The van der Waals surface area contributed by atoms with Gasteiger partial charge in [-0.2, -0.15) is 0 Å². The number of nitrogens with zero attached hydrogens (tertiary/aromatic N) is 2. The number of hydrogen-bond donors (Lipinski definition) is 2. The fourth-order valence-corrected chi connectivity index (χ4v) is 5.35. The number of amides is 4. The Balaban J connectivity index is 1.22. The Bertz CT molecular complexity index is 1170. The monoisotopic (exact) mass is 460 g/mol. The molecule has 0 saturated carbocycles. The first kappa shape index (κ1) is 22.3. The van der Waals surface area contributed by atoms with Crippen molar-refractivity contribution in [1.29, 1.82) is 0 Å². The molecule has 176 valence electrons. The van der Waals surface area contributed by atoms with Crippen molar-refractivity contribution in [3.05, 3.63) is 70.3 Å². The van der Waals surface area contributed by atoms with Crippen molar-refractivity contribution < 1.29 is 19.2 Å². The van der Waals surface area contributed by atoms with Crippen LogP contribution in [0.4, 0.5) is 0 Å². The molecule has 0 spiro atoms. The molecule has 3 N–H and O–H groups in total. The number of nitrogens with two attached hydrogens (primary N) is 1. The van der Waals surface area contributed by atoms with Gasteiger partial charge < -0.3 is 10.6 Å². The van der Waals surface area contributed by atoms with E-state index in [9.17, 15) is 19.2 Å². The number of rotatable bonds is 5. The van der Waals surface area contributed by atoms with E-state index in [0.29, 0.717) is 30.0 Å². The van der Waals surface area contributed by atoms with Gasteiger partial charge in [-0.15, -0.1) is 0 Å². The molecule has 0 aromatic heterocycles. The Hall–Kier alpha value is -3.52. The molecular weight excluding hydrogens is 432 g/mol. The van der Waals surface area contributed by atoms with Crippen molar-refractivity contribution in [3.8, 4) is 0 Å². The summed E-state index contributed by atoms with van der Waals surface area (Å²) in [4.78, 5) is 52.1. The van der Waals surface area contributed by atoms with Gasteiger partial charge in [0.1, 0.15) is 6.04 Å². The number of piperidine rings is 2. The molecule has 1 atom stereocenters. The van der Waals surface area contributed by atoms with Gasteiger partial charge in [-0.3, -0.25) is 29.4 Å². The van der Waals surface area contributed by atoms with Crippen LogP contribution in [0.15, 0.2) is 42.5 Å². The zero-order valence-electron chi connectivity index (χ0n) is 19.0. The van der Waals surface area contributed by atoms with Crippen LogP contribution < -0.4 is 11.1 Å². The summed E-state index contributed by atoms with van der Waals surface area (Å²) in [6.07, 6.45) is 2.66. The normalized spacial score (nSPS) is 21.5. The van der Waals surface area contributed by atoms with Gasteiger partial charge in [0.25, 0.3) is 5.91 Å². The van der Waals surface area contributed by atoms with Crippen molar-refractivity contribution in [2.45, 2.75) is 50.7 Å². The highest BCUT2D eigenvalue weighted by molar-refractivity contribution is 6.05. The number of hydrogen-bond acceptors (Lipinski definition) is 5. The molecule has 0 aliphatic carbocycles. The Labute approximate surface area is 198 Å². The molecule has 34 heavy (non-hydrogen) atoms. The third kappa shape index (κ3) is 4.33. The highest BCUT2D eigenvalue weighted by Gasteiger charge is 2.39. The number of carbonyl (C=O) groups is 4. The van der Waals surface area contributed by atoms with E-state index >= 15 is 0 Å². The lowest BCUT2D eigenvalue weighted by molar-refractivity contribution is -0.136. The molecular formula is C26H28N4O4. The second kappa shape index (κ2) is 9.02. The van der Waals surface area contributed by atoms with Gasteiger partial charge in [-0.1, -0.05) is 24.3 Å². The Kier molecular flexibility index (Phi) is 5.91. The minimum Gasteiger partial charge on any atom is -0.366 e. The first-order valence-electron chi connectivity index (χ1n) is 11.8. The standard InChI is InChI=1S/C26H28N4O4/c27-24(32)19-3-1-2-16(12-19)14-29-10-8-17(9-11-29)18-4-5-21-20(13-18)15-30(26(21)34)22-6-7-23(31)28-25(22)33/h1-5,12-13,17,22H,6-11,14-15H2,(H2,27,32)(H,28,31,33). The van der Waals surface area contributed by atoms with E-state index in [2.05, 4.69) is 16.3 Å². The number of carbonyl (C=O) groups excluding carboxylic acids is 4. The molecule has 5 rings (SSSR count). The van der Waals surface area contributed by atoms with E-state index in [1.54, 1.807) is 11.0 Å². The quantitative estimate of drug-likeness (QED) is 0.662. The molecule has 0 bridgehead atoms. The highest BCUT2D eigenvalue weighted by Crippen LogP contribution is 2.34. The summed E-state index contributed by atoms with van der Waals surface area (Å²) >= 11 is 0. The smallest absolute Gasteiger partial charge is 0.255 e. The van der Waals surface area contributed by atoms with Crippen molar-refractivity contribution in [3.63, 3.8) is 0 Å². The van der Waals surface area contributed by atoms with Crippen molar-refractivity contribution in [1.82, 2.24) is 15.1 Å². The third-order valence-corrected chi connectivity index (χ3v) is 7.22. The lowest BCUT2D eigenvalue weighted by Gasteiger charge is -2.32. The number of likely N-dealkylation sites (tertiary alicyclic amines) is 1. The summed E-state index contributed by atoms with van der Waals surface area (Å²) in [5.41, 5.74) is 9.85. The van der Waals surface area contributed by atoms with Crippen molar-refractivity contribution in [2.75, 3.05) is 13.1 Å². The van der Waals surface area contributed by atoms with Crippen LogP contribution in [0.25, 0.3) is 0 Å². The molecule has 3 aliphatic rings. The summed E-state index contributed by atoms with van der Waals surface area (Å²) < 4.78 is 0. The van der Waals surface area contributed by atoms with Gasteiger partial charge in [0.2, 0.25) is 17.7 Å². The molecule has 3 aliphatic heterocycles. The van der Waals surface area contributed by atoms with E-state index in [1.807, 2.05) is 30.3 Å². The third-order valence-electron chi connectivity index (χ3n) is 7.22. The Morgan fingerprint density at radius 3 is 2.56 bits per heavy atom. The molecule has 2 aromatic rings. The molecule has 2 aromatic carbocycles. The summed E-state index contributed by atoms with van der Waals surface area (Å²) in [7, 11) is 0. The molecule has 0 radical (unpaired) electrons. The summed E-state index contributed by atoms with van der Waals surface area (Å²) in [5, 5.41) is 2.35. The van der Waals surface area contributed by atoms with E-state index in [4.69, 9.17) is 5.73 Å². The van der Waals surface area contributed by atoms with Crippen molar-refractivity contribution in [2.24, 2.45) is 5.73 Å². The molecule has 2 saturated heterocycles. The largest absolute Gasteiger partial charge is 0.366 e.